The number of pyridine rings is 1. The Morgan fingerprint density at radius 1 is 1.26 bits per heavy atom. The van der Waals surface area contributed by atoms with Crippen molar-refractivity contribution >= 4 is 79.9 Å². The average Bonchev–Trinajstić information content (AvgIpc) is 3.41. The molecule has 16 heteroatoms. The van der Waals surface area contributed by atoms with Crippen LogP contribution in [0, 0.1) is 0 Å². The molecule has 1 aliphatic carbocycles. The quantitative estimate of drug-likeness (QED) is 0.132. The Kier molecular flexibility index (Phi) is 9.43. The molecule has 1 fully saturated rings. The normalized spacial score (nSPS) is 13.9. The van der Waals surface area contributed by atoms with E-state index in [1.807, 2.05) is 45.8 Å². The topological polar surface area (TPSA) is 110 Å². The largest absolute Gasteiger partial charge is 0.352 e. The molecule has 0 aliphatic heterocycles. The summed E-state index contributed by atoms with van der Waals surface area (Å²) in [6.07, 6.45) is 3.76. The third-order valence-corrected chi connectivity index (χ3v) is 8.76. The molecule has 0 spiro atoms. The van der Waals surface area contributed by atoms with E-state index in [-0.39, 0.29) is 23.4 Å². The van der Waals surface area contributed by atoms with Gasteiger partial charge in [-0.15, -0.1) is 0 Å². The first-order valence-corrected chi connectivity index (χ1v) is 17.1. The van der Waals surface area contributed by atoms with E-state index in [1.165, 1.54) is 10.4 Å². The Morgan fingerprint density at radius 2 is 1.97 bits per heavy atom. The molecule has 4 aromatic rings. The highest BCUT2D eigenvalue weighted by molar-refractivity contribution is 14.2. The maximum atomic E-state index is 13.7. The lowest BCUT2D eigenvalue weighted by Gasteiger charge is -2.22. The molecule has 39 heavy (non-hydrogen) atoms. The fourth-order valence-corrected chi connectivity index (χ4v) is 5.89. The molecule has 2 unspecified atom stereocenters. The molecule has 0 saturated heterocycles. The minimum Gasteiger partial charge on any atom is -0.352 e. The van der Waals surface area contributed by atoms with Crippen LogP contribution in [-0.2, 0) is 22.8 Å². The van der Waals surface area contributed by atoms with Crippen molar-refractivity contribution < 1.29 is 22.2 Å². The minimum absolute atomic E-state index is 0.0820. The van der Waals surface area contributed by atoms with E-state index in [4.69, 9.17) is 0 Å². The lowest BCUT2D eigenvalue weighted by atomic mass is 10.1. The highest BCUT2D eigenvalue weighted by Crippen LogP contribution is 2.40. The Balaban J connectivity index is 0.000000808. The van der Waals surface area contributed by atoms with Gasteiger partial charge < -0.3 is 15.2 Å². The van der Waals surface area contributed by atoms with Crippen molar-refractivity contribution in [2.75, 3.05) is 28.2 Å². The number of rotatable bonds is 9. The number of benzene rings is 1. The van der Waals surface area contributed by atoms with Crippen molar-refractivity contribution in [3.63, 3.8) is 0 Å². The fraction of sp³-hybridized carbons (Fsp3) is 0.304. The zero-order chi connectivity index (χ0) is 28.3. The van der Waals surface area contributed by atoms with E-state index in [0.29, 0.717) is 23.5 Å². The Labute approximate surface area is 239 Å². The number of aromatic nitrogens is 5. The number of hydrogen-bond donors (Lipinski definition) is 2. The summed E-state index contributed by atoms with van der Waals surface area (Å²) in [5.41, 5.74) is 3.67. The van der Waals surface area contributed by atoms with Gasteiger partial charge in [-0.2, -0.15) is 0 Å². The number of alkyl halides is 3. The second-order valence-corrected chi connectivity index (χ2v) is 12.0. The summed E-state index contributed by atoms with van der Waals surface area (Å²) in [6, 6.07) is 7.04. The van der Waals surface area contributed by atoms with Crippen molar-refractivity contribution in [3.8, 4) is 11.3 Å². The second-order valence-electron chi connectivity index (χ2n) is 8.52. The number of carbonyl (C=O) groups is 1. The van der Waals surface area contributed by atoms with Crippen molar-refractivity contribution in [2.45, 2.75) is 25.4 Å². The van der Waals surface area contributed by atoms with E-state index in [2.05, 4.69) is 25.6 Å². The number of nitrogens with zero attached hydrogens (tertiary/aromatic N) is 6. The zero-order valence-corrected chi connectivity index (χ0v) is 25.0. The van der Waals surface area contributed by atoms with Crippen LogP contribution >= 0.6 is 28.4 Å². The Hall–Kier alpha value is -2.78. The van der Waals surface area contributed by atoms with E-state index >= 15 is 0 Å². The van der Waals surface area contributed by atoms with Gasteiger partial charge in [0.05, 0.1) is 41.7 Å². The minimum atomic E-state index is -2.80. The van der Waals surface area contributed by atoms with Gasteiger partial charge in [0.2, 0.25) is 6.41 Å². The summed E-state index contributed by atoms with van der Waals surface area (Å²) in [4.78, 5) is 23.7. The lowest BCUT2D eigenvalue weighted by Crippen LogP contribution is -2.20. The number of anilines is 4. The van der Waals surface area contributed by atoms with Crippen LogP contribution in [-0.4, -0.2) is 54.0 Å². The first kappa shape index (κ1) is 29.2. The van der Waals surface area contributed by atoms with Crippen LogP contribution in [0.3, 0.4) is 0 Å². The number of fused-ring (bicyclic) bond motifs is 1. The highest BCUT2D eigenvalue weighted by atomic mass is 127. The van der Waals surface area contributed by atoms with Gasteiger partial charge in [-0.25, -0.2) is 32.3 Å². The van der Waals surface area contributed by atoms with Gasteiger partial charge in [-0.1, -0.05) is 6.07 Å². The molecule has 208 valence electrons. The summed E-state index contributed by atoms with van der Waals surface area (Å²) < 4.78 is 55.6. The number of carbonyl (C=O) groups excluding carboxylic acids is 1. The predicted molar refractivity (Wildman–Crippen MR) is 158 cm³/mol. The molecule has 5 rings (SSSR count). The molecule has 1 aliphatic rings. The van der Waals surface area contributed by atoms with Gasteiger partial charge in [0.25, 0.3) is 6.43 Å². The molecular weight excluding hydrogens is 667 g/mol. The van der Waals surface area contributed by atoms with Crippen LogP contribution < -0.4 is 14.9 Å². The fourth-order valence-electron chi connectivity index (χ4n) is 3.56. The summed E-state index contributed by atoms with van der Waals surface area (Å²) >= 11 is 1.98. The summed E-state index contributed by atoms with van der Waals surface area (Å²) in [6.45, 7) is 0. The van der Waals surface area contributed by atoms with Gasteiger partial charge in [-0.3, -0.25) is 13.4 Å². The van der Waals surface area contributed by atoms with Gasteiger partial charge in [0, 0.05) is 32.0 Å². The lowest BCUT2D eigenvalue weighted by molar-refractivity contribution is -0.105. The first-order valence-electron chi connectivity index (χ1n) is 11.5. The van der Waals surface area contributed by atoms with Crippen LogP contribution in [0.5, 0.6) is 0 Å². The van der Waals surface area contributed by atoms with Crippen molar-refractivity contribution in [1.82, 2.24) is 23.9 Å². The van der Waals surface area contributed by atoms with E-state index in [9.17, 15) is 22.2 Å². The van der Waals surface area contributed by atoms with Gasteiger partial charge in [0.15, 0.2) is 11.5 Å². The van der Waals surface area contributed by atoms with Gasteiger partial charge >= 0.3 is 0 Å². The predicted octanol–water partition coefficient (Wildman–Crippen LogP) is 5.72. The number of halogens is 4. The number of nitrogens with one attached hydrogen (secondary N) is 2. The zero-order valence-electron chi connectivity index (χ0n) is 21.0. The van der Waals surface area contributed by atoms with Crippen molar-refractivity contribution in [2.24, 2.45) is 7.05 Å². The number of aryl methyl sites for hydroxylation is 1. The smallest absolute Gasteiger partial charge is 0.295 e. The Bertz CT molecular complexity index is 1510. The number of imidazole rings is 2. The van der Waals surface area contributed by atoms with E-state index in [1.54, 1.807) is 36.2 Å². The molecule has 0 radical (unpaired) electrons. The third kappa shape index (κ3) is 6.69. The molecule has 10 nitrogen and oxygen atoms in total. The standard InChI is InChI=1S/C20H20F2IN8O2PS.C3H5F/c1-29-9-24-8-15(29)11-4-5-12(14(6-11)30(2)35(3)33)26-13-7-16(25-10-32)27-19-17(13)28-20(18(21)22)31(19)34-23;4-3-1-2-3/h4-10,18,34H,1-3H3,(H2,25,26,27,32);3H,1-2H2. The highest BCUT2D eigenvalue weighted by Gasteiger charge is 2.23. The SMILES string of the molecule is CN(c1cc(-c2cncn2C)ccc1Nc1cc(NC=O)nc2c1nc(C(F)F)n2PI)S(C)=O.FC1CC1. The summed E-state index contributed by atoms with van der Waals surface area (Å²) in [5.74, 6) is -0.239. The van der Waals surface area contributed by atoms with Crippen molar-refractivity contribution in [3.05, 3.63) is 42.6 Å². The maximum absolute atomic E-state index is 13.7. The third-order valence-electron chi connectivity index (χ3n) is 5.74. The summed E-state index contributed by atoms with van der Waals surface area (Å²) in [7, 11) is 2.21. The molecular formula is C23H25F3IN8O2PS. The van der Waals surface area contributed by atoms with Crippen LogP contribution in [0.4, 0.5) is 36.1 Å². The monoisotopic (exact) mass is 692 g/mol. The molecule has 0 bridgehead atoms. The van der Waals surface area contributed by atoms with Gasteiger partial charge in [-0.05, 0) is 47.0 Å². The average molecular weight is 692 g/mol. The van der Waals surface area contributed by atoms with Crippen molar-refractivity contribution in [1.29, 1.82) is 0 Å². The number of hydrogen-bond acceptors (Lipinski definition) is 6. The maximum Gasteiger partial charge on any atom is 0.295 e. The van der Waals surface area contributed by atoms with E-state index in [0.717, 1.165) is 24.1 Å². The van der Waals surface area contributed by atoms with Crippen LogP contribution in [0.1, 0.15) is 25.1 Å². The van der Waals surface area contributed by atoms with Crippen LogP contribution in [0.2, 0.25) is 0 Å². The molecule has 3 heterocycles. The number of amides is 1. The molecule has 1 amide bonds. The summed E-state index contributed by atoms with van der Waals surface area (Å²) in [5, 5.41) is 5.70. The first-order chi connectivity index (χ1) is 18.6. The molecule has 2 atom stereocenters. The van der Waals surface area contributed by atoms with Gasteiger partial charge in [0.1, 0.15) is 28.5 Å². The molecule has 1 aromatic carbocycles. The molecule has 1 saturated carbocycles. The Morgan fingerprint density at radius 3 is 2.51 bits per heavy atom. The molecule has 2 N–H and O–H groups in total. The van der Waals surface area contributed by atoms with Crippen LogP contribution in [0.15, 0.2) is 36.8 Å². The molecule has 3 aromatic heterocycles. The van der Waals surface area contributed by atoms with Crippen LogP contribution in [0.25, 0.3) is 22.4 Å². The van der Waals surface area contributed by atoms with E-state index < -0.39 is 29.4 Å². The second kappa shape index (κ2) is 12.6.